The molecule has 1 fully saturated rings. The predicted molar refractivity (Wildman–Crippen MR) is 54.4 cm³/mol. The number of fused-ring (bicyclic) bond motifs is 2. The minimum absolute atomic E-state index is 0.411. The average molecular weight is 178 g/mol. The third-order valence-electron chi connectivity index (χ3n) is 3.55. The second kappa shape index (κ2) is 3.30. The SMILES string of the molecule is C=CCC[C@]1(O)C[C@@H]2C=C[C@H]1CC2. The van der Waals surface area contributed by atoms with Crippen molar-refractivity contribution in [3.05, 3.63) is 24.8 Å². The van der Waals surface area contributed by atoms with E-state index in [2.05, 4.69) is 18.7 Å². The highest BCUT2D eigenvalue weighted by Crippen LogP contribution is 2.45. The molecule has 3 aliphatic carbocycles. The molecule has 0 amide bonds. The summed E-state index contributed by atoms with van der Waals surface area (Å²) in [6.07, 6.45) is 11.7. The molecule has 0 heterocycles. The summed E-state index contributed by atoms with van der Waals surface area (Å²) in [6, 6.07) is 0. The van der Waals surface area contributed by atoms with Crippen molar-refractivity contribution in [1.82, 2.24) is 0 Å². The van der Waals surface area contributed by atoms with E-state index in [0.717, 1.165) is 19.3 Å². The van der Waals surface area contributed by atoms with Gasteiger partial charge in [0.2, 0.25) is 0 Å². The van der Waals surface area contributed by atoms with Crippen molar-refractivity contribution < 1.29 is 5.11 Å². The average Bonchev–Trinajstić information content (AvgIpc) is 2.16. The highest BCUT2D eigenvalue weighted by atomic mass is 16.3. The van der Waals surface area contributed by atoms with Crippen molar-refractivity contribution in [2.45, 2.75) is 37.7 Å². The van der Waals surface area contributed by atoms with Crippen LogP contribution in [0, 0.1) is 11.8 Å². The highest BCUT2D eigenvalue weighted by molar-refractivity contribution is 5.12. The van der Waals surface area contributed by atoms with E-state index in [0.29, 0.717) is 11.8 Å². The van der Waals surface area contributed by atoms with Crippen molar-refractivity contribution in [3.8, 4) is 0 Å². The van der Waals surface area contributed by atoms with Crippen LogP contribution in [-0.4, -0.2) is 10.7 Å². The molecule has 13 heavy (non-hydrogen) atoms. The maximum atomic E-state index is 10.4. The third-order valence-corrected chi connectivity index (χ3v) is 3.55. The lowest BCUT2D eigenvalue weighted by molar-refractivity contribution is -0.0548. The van der Waals surface area contributed by atoms with Gasteiger partial charge < -0.3 is 5.11 Å². The van der Waals surface area contributed by atoms with Gasteiger partial charge in [0, 0.05) is 5.92 Å². The predicted octanol–water partition coefficient (Wildman–Crippen LogP) is 2.67. The largest absolute Gasteiger partial charge is 0.389 e. The number of hydrogen-bond donors (Lipinski definition) is 1. The Morgan fingerprint density at radius 3 is 2.77 bits per heavy atom. The fourth-order valence-electron chi connectivity index (χ4n) is 2.74. The molecule has 2 bridgehead atoms. The molecule has 0 aromatic rings. The van der Waals surface area contributed by atoms with Gasteiger partial charge in [0.25, 0.3) is 0 Å². The van der Waals surface area contributed by atoms with Gasteiger partial charge >= 0.3 is 0 Å². The van der Waals surface area contributed by atoms with E-state index in [1.54, 1.807) is 0 Å². The first-order valence-corrected chi connectivity index (χ1v) is 5.26. The van der Waals surface area contributed by atoms with Crippen LogP contribution < -0.4 is 0 Å². The maximum Gasteiger partial charge on any atom is 0.0718 e. The molecule has 1 nitrogen and oxygen atoms in total. The fourth-order valence-corrected chi connectivity index (χ4v) is 2.74. The van der Waals surface area contributed by atoms with E-state index in [1.165, 1.54) is 12.8 Å². The topological polar surface area (TPSA) is 20.2 Å². The molecule has 0 spiro atoms. The van der Waals surface area contributed by atoms with Crippen molar-refractivity contribution >= 4 is 0 Å². The minimum Gasteiger partial charge on any atom is -0.389 e. The molecule has 0 aliphatic heterocycles. The number of rotatable bonds is 3. The van der Waals surface area contributed by atoms with Crippen LogP contribution >= 0.6 is 0 Å². The Morgan fingerprint density at radius 1 is 1.46 bits per heavy atom. The summed E-state index contributed by atoms with van der Waals surface area (Å²) < 4.78 is 0. The van der Waals surface area contributed by atoms with E-state index in [1.807, 2.05) is 6.08 Å². The van der Waals surface area contributed by atoms with Crippen molar-refractivity contribution in [3.63, 3.8) is 0 Å². The molecular formula is C12H18O. The minimum atomic E-state index is -0.411. The highest BCUT2D eigenvalue weighted by Gasteiger charge is 2.42. The van der Waals surface area contributed by atoms with Crippen LogP contribution in [0.2, 0.25) is 0 Å². The normalized spacial score (nSPS) is 42.2. The fraction of sp³-hybridized carbons (Fsp3) is 0.667. The van der Waals surface area contributed by atoms with Crippen LogP contribution in [0.15, 0.2) is 24.8 Å². The van der Waals surface area contributed by atoms with Gasteiger partial charge in [-0.25, -0.2) is 0 Å². The summed E-state index contributed by atoms with van der Waals surface area (Å²) >= 11 is 0. The quantitative estimate of drug-likeness (QED) is 0.659. The van der Waals surface area contributed by atoms with Gasteiger partial charge in [-0.15, -0.1) is 6.58 Å². The van der Waals surface area contributed by atoms with Gasteiger partial charge in [0.1, 0.15) is 0 Å². The van der Waals surface area contributed by atoms with Gasteiger partial charge in [-0.2, -0.15) is 0 Å². The lowest BCUT2D eigenvalue weighted by Crippen LogP contribution is -2.44. The van der Waals surface area contributed by atoms with E-state index >= 15 is 0 Å². The Labute approximate surface area is 80.2 Å². The van der Waals surface area contributed by atoms with Crippen molar-refractivity contribution in [1.29, 1.82) is 0 Å². The molecule has 3 rings (SSSR count). The zero-order valence-electron chi connectivity index (χ0n) is 8.08. The van der Waals surface area contributed by atoms with Gasteiger partial charge in [0.15, 0.2) is 0 Å². The Morgan fingerprint density at radius 2 is 2.31 bits per heavy atom. The monoisotopic (exact) mass is 178 g/mol. The summed E-state index contributed by atoms with van der Waals surface area (Å²) in [5.74, 6) is 1.05. The van der Waals surface area contributed by atoms with Gasteiger partial charge in [-0.3, -0.25) is 0 Å². The standard InChI is InChI=1S/C12H18O/c1-2-3-8-12(13)9-10-4-6-11(12)7-5-10/h2,4,6,10-11,13H,1,3,5,7-9H2/t10-,11+,12+/m1/s1. The Kier molecular flexibility index (Phi) is 2.29. The summed E-state index contributed by atoms with van der Waals surface area (Å²) in [5, 5.41) is 10.4. The smallest absolute Gasteiger partial charge is 0.0718 e. The van der Waals surface area contributed by atoms with E-state index in [9.17, 15) is 5.11 Å². The lowest BCUT2D eigenvalue weighted by atomic mass is 9.64. The molecule has 0 unspecified atom stereocenters. The van der Waals surface area contributed by atoms with E-state index < -0.39 is 5.60 Å². The molecule has 3 aliphatic rings. The first-order valence-electron chi connectivity index (χ1n) is 5.26. The lowest BCUT2D eigenvalue weighted by Gasteiger charge is -2.45. The molecular weight excluding hydrogens is 160 g/mol. The number of aliphatic hydroxyl groups is 1. The second-order valence-corrected chi connectivity index (χ2v) is 4.46. The number of allylic oxidation sites excluding steroid dienone is 2. The molecule has 3 atom stereocenters. The van der Waals surface area contributed by atoms with Gasteiger partial charge in [-0.1, -0.05) is 18.2 Å². The molecule has 0 saturated heterocycles. The summed E-state index contributed by atoms with van der Waals surface area (Å²) in [4.78, 5) is 0. The Balaban J connectivity index is 2.07. The Hall–Kier alpha value is -0.560. The first kappa shape index (κ1) is 9.01. The number of hydrogen-bond acceptors (Lipinski definition) is 1. The molecule has 1 heteroatoms. The van der Waals surface area contributed by atoms with Crippen molar-refractivity contribution in [2.24, 2.45) is 11.8 Å². The third kappa shape index (κ3) is 1.58. The molecule has 1 N–H and O–H groups in total. The van der Waals surface area contributed by atoms with Crippen LogP contribution in [-0.2, 0) is 0 Å². The van der Waals surface area contributed by atoms with Crippen LogP contribution in [0.25, 0.3) is 0 Å². The zero-order chi connectivity index (χ0) is 9.31. The summed E-state index contributed by atoms with van der Waals surface area (Å²) in [7, 11) is 0. The summed E-state index contributed by atoms with van der Waals surface area (Å²) in [6.45, 7) is 3.71. The van der Waals surface area contributed by atoms with Crippen LogP contribution in [0.3, 0.4) is 0 Å². The van der Waals surface area contributed by atoms with Crippen LogP contribution in [0.4, 0.5) is 0 Å². The first-order chi connectivity index (χ1) is 6.24. The van der Waals surface area contributed by atoms with E-state index in [4.69, 9.17) is 0 Å². The van der Waals surface area contributed by atoms with E-state index in [-0.39, 0.29) is 0 Å². The molecule has 1 saturated carbocycles. The maximum absolute atomic E-state index is 10.4. The van der Waals surface area contributed by atoms with Crippen LogP contribution in [0.1, 0.15) is 32.1 Å². The van der Waals surface area contributed by atoms with Crippen LogP contribution in [0.5, 0.6) is 0 Å². The summed E-state index contributed by atoms with van der Waals surface area (Å²) in [5.41, 5.74) is -0.411. The zero-order valence-corrected chi connectivity index (χ0v) is 8.08. The second-order valence-electron chi connectivity index (χ2n) is 4.46. The van der Waals surface area contributed by atoms with Gasteiger partial charge in [-0.05, 0) is 38.0 Å². The molecule has 0 radical (unpaired) electrons. The van der Waals surface area contributed by atoms with Gasteiger partial charge in [0.05, 0.1) is 5.60 Å². The molecule has 0 aromatic carbocycles. The molecule has 0 aromatic heterocycles. The molecule has 72 valence electrons. The van der Waals surface area contributed by atoms with Crippen molar-refractivity contribution in [2.75, 3.05) is 0 Å². The Bertz CT molecular complexity index is 231.